The van der Waals surface area contributed by atoms with E-state index in [-0.39, 0.29) is 17.2 Å². The van der Waals surface area contributed by atoms with Crippen LogP contribution in [0.3, 0.4) is 0 Å². The van der Waals surface area contributed by atoms with Crippen LogP contribution in [0.5, 0.6) is 5.75 Å². The van der Waals surface area contributed by atoms with Crippen molar-refractivity contribution in [2.24, 2.45) is 0 Å². The Morgan fingerprint density at radius 1 is 1.22 bits per heavy atom. The predicted octanol–water partition coefficient (Wildman–Crippen LogP) is 4.17. The summed E-state index contributed by atoms with van der Waals surface area (Å²) in [5.41, 5.74) is 1.06. The summed E-state index contributed by atoms with van der Waals surface area (Å²) in [5, 5.41) is 0.538. The zero-order chi connectivity index (χ0) is 16.4. The Morgan fingerprint density at radius 2 is 2.00 bits per heavy atom. The lowest BCUT2D eigenvalue weighted by molar-refractivity contribution is -0.0498. The van der Waals surface area contributed by atoms with E-state index < -0.39 is 6.61 Å². The zero-order valence-electron chi connectivity index (χ0n) is 12.1. The minimum Gasteiger partial charge on any atom is -0.435 e. The molecule has 3 rings (SSSR count). The van der Waals surface area contributed by atoms with E-state index >= 15 is 0 Å². The molecule has 7 heteroatoms. The van der Waals surface area contributed by atoms with Gasteiger partial charge in [0.2, 0.25) is 0 Å². The Balaban J connectivity index is 1.87. The van der Waals surface area contributed by atoms with Crippen LogP contribution in [-0.2, 0) is 0 Å². The number of amides is 1. The molecule has 2 aromatic carbocycles. The van der Waals surface area contributed by atoms with Crippen LogP contribution >= 0.6 is 11.3 Å². The zero-order valence-corrected chi connectivity index (χ0v) is 12.9. The summed E-state index contributed by atoms with van der Waals surface area (Å²) in [4.78, 5) is 18.3. The number of rotatable bonds is 4. The molecule has 0 atom stereocenters. The summed E-state index contributed by atoms with van der Waals surface area (Å²) in [6, 6.07) is 13.3. The highest BCUT2D eigenvalue weighted by atomic mass is 32.1. The minimum absolute atomic E-state index is 0.0523. The predicted molar refractivity (Wildman–Crippen MR) is 85.4 cm³/mol. The molecule has 4 nitrogen and oxygen atoms in total. The summed E-state index contributed by atoms with van der Waals surface area (Å²) < 4.78 is 29.8. The Kier molecular flexibility index (Phi) is 4.20. The highest BCUT2D eigenvalue weighted by molar-refractivity contribution is 7.22. The van der Waals surface area contributed by atoms with Crippen molar-refractivity contribution in [1.29, 1.82) is 0 Å². The first-order chi connectivity index (χ1) is 11.0. The first-order valence-electron chi connectivity index (χ1n) is 6.73. The van der Waals surface area contributed by atoms with Crippen LogP contribution in [0.2, 0.25) is 0 Å². The van der Waals surface area contributed by atoms with Crippen molar-refractivity contribution in [2.45, 2.75) is 6.61 Å². The van der Waals surface area contributed by atoms with Crippen molar-refractivity contribution < 1.29 is 18.3 Å². The van der Waals surface area contributed by atoms with Gasteiger partial charge in [-0.15, -0.1) is 0 Å². The molecule has 118 valence electrons. The van der Waals surface area contributed by atoms with E-state index in [0.29, 0.717) is 5.13 Å². The number of nitrogens with zero attached hydrogens (tertiary/aromatic N) is 2. The van der Waals surface area contributed by atoms with Gasteiger partial charge in [-0.1, -0.05) is 29.5 Å². The van der Waals surface area contributed by atoms with Gasteiger partial charge < -0.3 is 4.74 Å². The van der Waals surface area contributed by atoms with Gasteiger partial charge in [0.1, 0.15) is 5.75 Å². The lowest BCUT2D eigenvalue weighted by Crippen LogP contribution is -2.26. The number of hydrogen-bond acceptors (Lipinski definition) is 4. The van der Waals surface area contributed by atoms with Crippen LogP contribution < -0.4 is 9.64 Å². The standard InChI is InChI=1S/C16H12F2N2O2S/c1-20(16-19-12-7-2-3-8-13(12)23-16)14(21)10-5-4-6-11(9-10)22-15(17)18/h2-9,15H,1H3. The Bertz CT molecular complexity index is 818. The van der Waals surface area contributed by atoms with E-state index in [2.05, 4.69) is 9.72 Å². The number of fused-ring (bicyclic) bond motifs is 1. The highest BCUT2D eigenvalue weighted by Crippen LogP contribution is 2.29. The third-order valence-corrected chi connectivity index (χ3v) is 4.29. The maximum Gasteiger partial charge on any atom is 0.387 e. The number of para-hydroxylation sites is 1. The maximum absolute atomic E-state index is 12.5. The lowest BCUT2D eigenvalue weighted by atomic mass is 10.2. The van der Waals surface area contributed by atoms with Crippen molar-refractivity contribution in [3.05, 3.63) is 54.1 Å². The van der Waals surface area contributed by atoms with Crippen LogP contribution in [0, 0.1) is 0 Å². The first-order valence-corrected chi connectivity index (χ1v) is 7.55. The summed E-state index contributed by atoms with van der Waals surface area (Å²) in [7, 11) is 1.60. The average Bonchev–Trinajstić information content (AvgIpc) is 2.97. The number of alkyl halides is 2. The number of aromatic nitrogens is 1. The van der Waals surface area contributed by atoms with E-state index in [0.717, 1.165) is 10.2 Å². The minimum atomic E-state index is -2.93. The van der Waals surface area contributed by atoms with Crippen molar-refractivity contribution in [1.82, 2.24) is 4.98 Å². The van der Waals surface area contributed by atoms with Crippen LogP contribution in [0.1, 0.15) is 10.4 Å². The molecule has 0 aliphatic rings. The van der Waals surface area contributed by atoms with Crippen molar-refractivity contribution in [3.8, 4) is 5.75 Å². The topological polar surface area (TPSA) is 42.4 Å². The van der Waals surface area contributed by atoms with Crippen LogP contribution in [-0.4, -0.2) is 24.6 Å². The molecule has 0 spiro atoms. The first kappa shape index (κ1) is 15.4. The van der Waals surface area contributed by atoms with Gasteiger partial charge >= 0.3 is 6.61 Å². The summed E-state index contributed by atoms with van der Waals surface area (Å²) in [5.74, 6) is -0.396. The van der Waals surface area contributed by atoms with Crippen LogP contribution in [0.15, 0.2) is 48.5 Å². The van der Waals surface area contributed by atoms with E-state index in [9.17, 15) is 13.6 Å². The highest BCUT2D eigenvalue weighted by Gasteiger charge is 2.18. The largest absolute Gasteiger partial charge is 0.435 e. The van der Waals surface area contributed by atoms with Crippen LogP contribution in [0.4, 0.5) is 13.9 Å². The van der Waals surface area contributed by atoms with E-state index in [1.807, 2.05) is 24.3 Å². The average molecular weight is 334 g/mol. The van der Waals surface area contributed by atoms with Gasteiger partial charge in [0, 0.05) is 12.6 Å². The van der Waals surface area contributed by atoms with E-state index in [1.165, 1.54) is 34.4 Å². The molecule has 0 radical (unpaired) electrons. The van der Waals surface area contributed by atoms with E-state index in [4.69, 9.17) is 0 Å². The summed E-state index contributed by atoms with van der Waals surface area (Å²) in [6.45, 7) is -2.93. The fourth-order valence-electron chi connectivity index (χ4n) is 2.09. The molecule has 23 heavy (non-hydrogen) atoms. The third kappa shape index (κ3) is 3.29. The molecular formula is C16H12F2N2O2S. The number of carbonyl (C=O) groups is 1. The molecular weight excluding hydrogens is 322 g/mol. The Hall–Kier alpha value is -2.54. The Labute approximate surface area is 134 Å². The van der Waals surface area contributed by atoms with Gasteiger partial charge in [0.05, 0.1) is 10.2 Å². The molecule has 1 amide bonds. The number of hydrogen-bond donors (Lipinski definition) is 0. The number of ether oxygens (including phenoxy) is 1. The van der Waals surface area contributed by atoms with Gasteiger partial charge in [-0.25, -0.2) is 4.98 Å². The summed E-state index contributed by atoms with van der Waals surface area (Å²) >= 11 is 1.39. The molecule has 1 aromatic heterocycles. The van der Waals surface area contributed by atoms with Crippen LogP contribution in [0.25, 0.3) is 10.2 Å². The van der Waals surface area contributed by atoms with Gasteiger partial charge in [-0.05, 0) is 30.3 Å². The summed E-state index contributed by atoms with van der Waals surface area (Å²) in [6.07, 6.45) is 0. The second-order valence-corrected chi connectivity index (χ2v) is 5.74. The monoisotopic (exact) mass is 334 g/mol. The smallest absolute Gasteiger partial charge is 0.387 e. The van der Waals surface area contributed by atoms with Crippen molar-refractivity contribution in [2.75, 3.05) is 11.9 Å². The fourth-order valence-corrected chi connectivity index (χ4v) is 3.01. The normalized spacial score (nSPS) is 11.0. The van der Waals surface area contributed by atoms with Gasteiger partial charge in [-0.3, -0.25) is 9.69 Å². The molecule has 0 fully saturated rings. The maximum atomic E-state index is 12.5. The molecule has 0 aliphatic carbocycles. The number of carbonyl (C=O) groups excluding carboxylic acids is 1. The molecule has 0 aliphatic heterocycles. The molecule has 0 unspecified atom stereocenters. The number of thiazole rings is 1. The lowest BCUT2D eigenvalue weighted by Gasteiger charge is -2.14. The molecule has 0 N–H and O–H groups in total. The van der Waals surface area contributed by atoms with Crippen molar-refractivity contribution >= 4 is 32.6 Å². The molecule has 0 bridgehead atoms. The quantitative estimate of drug-likeness (QED) is 0.719. The number of benzene rings is 2. The van der Waals surface area contributed by atoms with E-state index in [1.54, 1.807) is 13.1 Å². The number of halogens is 2. The third-order valence-electron chi connectivity index (χ3n) is 3.18. The molecule has 1 heterocycles. The van der Waals surface area contributed by atoms with Gasteiger partial charge in [0.25, 0.3) is 5.91 Å². The van der Waals surface area contributed by atoms with Crippen molar-refractivity contribution in [3.63, 3.8) is 0 Å². The number of anilines is 1. The second kappa shape index (κ2) is 6.29. The fraction of sp³-hybridized carbons (Fsp3) is 0.125. The second-order valence-electron chi connectivity index (χ2n) is 4.73. The van der Waals surface area contributed by atoms with Gasteiger partial charge in [0.15, 0.2) is 5.13 Å². The SMILES string of the molecule is CN(C(=O)c1cccc(OC(F)F)c1)c1nc2ccccc2s1. The molecule has 3 aromatic rings. The Morgan fingerprint density at radius 3 is 2.74 bits per heavy atom. The molecule has 0 saturated carbocycles. The molecule has 0 saturated heterocycles. The van der Waals surface area contributed by atoms with Gasteiger partial charge in [-0.2, -0.15) is 8.78 Å².